The van der Waals surface area contributed by atoms with Gasteiger partial charge >= 0.3 is 6.18 Å². The summed E-state index contributed by atoms with van der Waals surface area (Å²) in [4.78, 5) is 28.8. The molecule has 1 aliphatic carbocycles. The largest absolute Gasteiger partial charge is 0.418 e. The van der Waals surface area contributed by atoms with E-state index in [1.54, 1.807) is 6.92 Å². The van der Waals surface area contributed by atoms with Crippen LogP contribution in [0.25, 0.3) is 21.1 Å². The minimum absolute atomic E-state index is 0.0203. The second kappa shape index (κ2) is 8.18. The standard InChI is InChI=1S/C22H18F4N6O2S/c1-2-16(33)28-15-7-10(3-4-13(15)23)31-21(5-6-21)19(34)30-20-29-17-12(22(24,25)26)8-14-11(9-27-32-14)18(17)35-20/h3-4,7-9,31H,2,5-6H2,1H3,(H,27,32)(H,28,33)(H,29,30,34). The highest BCUT2D eigenvalue weighted by Crippen LogP contribution is 2.43. The lowest BCUT2D eigenvalue weighted by Crippen LogP contribution is -2.37. The molecule has 4 aromatic rings. The van der Waals surface area contributed by atoms with Crippen LogP contribution >= 0.6 is 11.3 Å². The lowest BCUT2D eigenvalue weighted by atomic mass is 10.1. The number of anilines is 3. The molecule has 13 heteroatoms. The fourth-order valence-corrected chi connectivity index (χ4v) is 4.72. The Morgan fingerprint density at radius 3 is 2.66 bits per heavy atom. The lowest BCUT2D eigenvalue weighted by molar-refractivity contribution is -0.136. The molecule has 0 aliphatic heterocycles. The molecule has 2 aromatic carbocycles. The third kappa shape index (κ3) is 4.27. The first-order valence-electron chi connectivity index (χ1n) is 10.6. The second-order valence-corrected chi connectivity index (χ2v) is 9.21. The second-order valence-electron chi connectivity index (χ2n) is 8.21. The van der Waals surface area contributed by atoms with Crippen LogP contribution in [0, 0.1) is 5.82 Å². The molecule has 1 aliphatic rings. The van der Waals surface area contributed by atoms with Gasteiger partial charge in [0, 0.05) is 17.5 Å². The number of alkyl halides is 3. The summed E-state index contributed by atoms with van der Waals surface area (Å²) < 4.78 is 55.1. The Bertz CT molecular complexity index is 1470. The van der Waals surface area contributed by atoms with Crippen molar-refractivity contribution in [3.8, 4) is 0 Å². The summed E-state index contributed by atoms with van der Waals surface area (Å²) in [5, 5.41) is 15.0. The predicted molar refractivity (Wildman–Crippen MR) is 124 cm³/mol. The first kappa shape index (κ1) is 23.0. The van der Waals surface area contributed by atoms with Crippen LogP contribution in [-0.4, -0.2) is 32.5 Å². The molecule has 2 aromatic heterocycles. The van der Waals surface area contributed by atoms with Crippen molar-refractivity contribution in [2.75, 3.05) is 16.0 Å². The fraction of sp³-hybridized carbons (Fsp3) is 0.273. The van der Waals surface area contributed by atoms with Gasteiger partial charge in [0.25, 0.3) is 5.91 Å². The number of rotatable bonds is 6. The van der Waals surface area contributed by atoms with Gasteiger partial charge in [-0.3, -0.25) is 20.0 Å². The van der Waals surface area contributed by atoms with Gasteiger partial charge in [0.05, 0.1) is 33.2 Å². The number of carbonyl (C=O) groups is 2. The number of nitrogens with zero attached hydrogens (tertiary/aromatic N) is 2. The van der Waals surface area contributed by atoms with Crippen molar-refractivity contribution in [3.05, 3.63) is 41.8 Å². The maximum atomic E-state index is 14.1. The highest BCUT2D eigenvalue weighted by molar-refractivity contribution is 7.23. The van der Waals surface area contributed by atoms with E-state index in [1.165, 1.54) is 24.4 Å². The van der Waals surface area contributed by atoms with E-state index in [-0.39, 0.29) is 38.9 Å². The molecular formula is C22H18F4N6O2S. The number of carbonyl (C=O) groups excluding carboxylic acids is 2. The van der Waals surface area contributed by atoms with E-state index >= 15 is 0 Å². The molecule has 5 rings (SSSR count). The van der Waals surface area contributed by atoms with Crippen molar-refractivity contribution in [2.24, 2.45) is 0 Å². The van der Waals surface area contributed by atoms with E-state index in [9.17, 15) is 27.2 Å². The molecule has 0 unspecified atom stereocenters. The van der Waals surface area contributed by atoms with Gasteiger partial charge in [-0.2, -0.15) is 18.3 Å². The zero-order chi connectivity index (χ0) is 25.0. The van der Waals surface area contributed by atoms with Gasteiger partial charge in [-0.25, -0.2) is 9.37 Å². The number of hydrogen-bond donors (Lipinski definition) is 4. The quantitative estimate of drug-likeness (QED) is 0.267. The summed E-state index contributed by atoms with van der Waals surface area (Å²) in [6.07, 6.45) is -2.14. The van der Waals surface area contributed by atoms with E-state index in [0.29, 0.717) is 23.9 Å². The Balaban J connectivity index is 1.41. The van der Waals surface area contributed by atoms with Gasteiger partial charge in [0.1, 0.15) is 11.4 Å². The Kier molecular flexibility index (Phi) is 5.38. The highest BCUT2D eigenvalue weighted by Gasteiger charge is 2.50. The van der Waals surface area contributed by atoms with Crippen LogP contribution in [0.4, 0.5) is 34.1 Å². The highest BCUT2D eigenvalue weighted by atomic mass is 32.1. The summed E-state index contributed by atoms with van der Waals surface area (Å²) in [5.41, 5.74) is -1.61. The average Bonchev–Trinajstić information content (AvgIpc) is 3.23. The van der Waals surface area contributed by atoms with Crippen LogP contribution in [0.2, 0.25) is 0 Å². The number of H-pyrrole nitrogens is 1. The van der Waals surface area contributed by atoms with E-state index in [1.807, 2.05) is 0 Å². The summed E-state index contributed by atoms with van der Waals surface area (Å²) in [6.45, 7) is 1.64. The molecule has 0 bridgehead atoms. The lowest BCUT2D eigenvalue weighted by Gasteiger charge is -2.18. The number of fused-ring (bicyclic) bond motifs is 3. The number of hydrogen-bond acceptors (Lipinski definition) is 6. The maximum absolute atomic E-state index is 14.1. The van der Waals surface area contributed by atoms with Gasteiger partial charge in [-0.1, -0.05) is 18.3 Å². The summed E-state index contributed by atoms with van der Waals surface area (Å²) in [7, 11) is 0. The normalized spacial score (nSPS) is 14.8. The summed E-state index contributed by atoms with van der Waals surface area (Å²) >= 11 is 0.926. The molecule has 4 N–H and O–H groups in total. The van der Waals surface area contributed by atoms with Crippen LogP contribution in [-0.2, 0) is 15.8 Å². The van der Waals surface area contributed by atoms with Gasteiger partial charge in [-0.15, -0.1) is 0 Å². The molecular weight excluding hydrogens is 488 g/mol. The zero-order valence-electron chi connectivity index (χ0n) is 18.1. The van der Waals surface area contributed by atoms with E-state index < -0.39 is 29.0 Å². The van der Waals surface area contributed by atoms with Crippen molar-refractivity contribution in [2.45, 2.75) is 37.9 Å². The van der Waals surface area contributed by atoms with Crippen molar-refractivity contribution in [1.82, 2.24) is 15.2 Å². The SMILES string of the molecule is CCC(=O)Nc1cc(NC2(C(=O)Nc3nc4c(C(F)(F)F)cc5[nH]ncc5c4s3)CC2)ccc1F. The Hall–Kier alpha value is -3.74. The number of benzene rings is 2. The van der Waals surface area contributed by atoms with E-state index in [2.05, 4.69) is 31.1 Å². The van der Waals surface area contributed by atoms with Crippen molar-refractivity contribution in [1.29, 1.82) is 0 Å². The molecule has 0 spiro atoms. The van der Waals surface area contributed by atoms with Gasteiger partial charge in [0.2, 0.25) is 5.91 Å². The van der Waals surface area contributed by atoms with Crippen LogP contribution < -0.4 is 16.0 Å². The Morgan fingerprint density at radius 1 is 1.20 bits per heavy atom. The number of thiazole rings is 1. The molecule has 1 fully saturated rings. The first-order valence-corrected chi connectivity index (χ1v) is 11.4. The molecule has 2 heterocycles. The van der Waals surface area contributed by atoms with Gasteiger partial charge in [0.15, 0.2) is 5.13 Å². The molecule has 0 radical (unpaired) electrons. The number of aromatic amines is 1. The smallest absolute Gasteiger partial charge is 0.371 e. The minimum atomic E-state index is -4.64. The van der Waals surface area contributed by atoms with Crippen LogP contribution in [0.3, 0.4) is 0 Å². The van der Waals surface area contributed by atoms with Crippen LogP contribution in [0.15, 0.2) is 30.5 Å². The monoisotopic (exact) mass is 506 g/mol. The predicted octanol–water partition coefficient (Wildman–Crippen LogP) is 5.26. The average molecular weight is 506 g/mol. The summed E-state index contributed by atoms with van der Waals surface area (Å²) in [6, 6.07) is 4.94. The number of nitrogens with one attached hydrogen (secondary N) is 4. The van der Waals surface area contributed by atoms with Crippen molar-refractivity contribution < 1.29 is 27.2 Å². The van der Waals surface area contributed by atoms with Crippen molar-refractivity contribution in [3.63, 3.8) is 0 Å². The number of halogens is 4. The first-order chi connectivity index (χ1) is 16.6. The van der Waals surface area contributed by atoms with E-state index in [0.717, 1.165) is 17.4 Å². The summed E-state index contributed by atoms with van der Waals surface area (Å²) in [5.74, 6) is -1.45. The number of aromatic nitrogens is 3. The minimum Gasteiger partial charge on any atom is -0.371 e. The maximum Gasteiger partial charge on any atom is 0.418 e. The molecule has 35 heavy (non-hydrogen) atoms. The van der Waals surface area contributed by atoms with Gasteiger partial charge < -0.3 is 10.6 Å². The van der Waals surface area contributed by atoms with Crippen LogP contribution in [0.5, 0.6) is 0 Å². The third-order valence-electron chi connectivity index (χ3n) is 5.74. The van der Waals surface area contributed by atoms with Crippen LogP contribution in [0.1, 0.15) is 31.7 Å². The molecule has 2 amide bonds. The zero-order valence-corrected chi connectivity index (χ0v) is 19.0. The molecule has 8 nitrogen and oxygen atoms in total. The topological polar surface area (TPSA) is 112 Å². The molecule has 0 atom stereocenters. The van der Waals surface area contributed by atoms with Crippen molar-refractivity contribution >= 4 is 60.8 Å². The number of amides is 2. The Labute approximate surface area is 199 Å². The van der Waals surface area contributed by atoms with Gasteiger partial charge in [-0.05, 0) is 37.1 Å². The van der Waals surface area contributed by atoms with E-state index in [4.69, 9.17) is 0 Å². The fourth-order valence-electron chi connectivity index (χ4n) is 3.72. The third-order valence-corrected chi connectivity index (χ3v) is 6.74. The Morgan fingerprint density at radius 2 is 1.97 bits per heavy atom. The molecule has 0 saturated heterocycles. The molecule has 182 valence electrons. The molecule has 1 saturated carbocycles.